The van der Waals surface area contributed by atoms with Crippen LogP contribution in [0.15, 0.2) is 59.3 Å². The summed E-state index contributed by atoms with van der Waals surface area (Å²) in [4.78, 5) is 4.03. The molecule has 0 radical (unpaired) electrons. The fraction of sp³-hybridized carbons (Fsp3) is 0.190. The number of ether oxygens (including phenoxy) is 2. The molecule has 3 rings (SSSR count). The third-order valence-corrected chi connectivity index (χ3v) is 5.26. The maximum absolute atomic E-state index is 6.22. The zero-order valence-electron chi connectivity index (χ0n) is 15.2. The van der Waals surface area contributed by atoms with E-state index in [1.807, 2.05) is 30.3 Å². The van der Waals surface area contributed by atoms with Gasteiger partial charge < -0.3 is 14.8 Å². The van der Waals surface area contributed by atoms with Crippen LogP contribution in [0, 0.1) is 0 Å². The van der Waals surface area contributed by atoms with Gasteiger partial charge in [0.05, 0.1) is 11.6 Å². The molecule has 1 heterocycles. The van der Waals surface area contributed by atoms with Crippen LogP contribution in [0.1, 0.15) is 16.7 Å². The molecule has 4 nitrogen and oxygen atoms in total. The van der Waals surface area contributed by atoms with Gasteiger partial charge in [-0.25, -0.2) is 0 Å². The number of hydrogen-bond donors (Lipinski definition) is 1. The summed E-state index contributed by atoms with van der Waals surface area (Å²) in [5, 5.41) is 4.57. The van der Waals surface area contributed by atoms with Crippen molar-refractivity contribution in [2.75, 3.05) is 7.11 Å². The smallest absolute Gasteiger partial charge is 0.175 e. The molecule has 3 aromatic rings. The van der Waals surface area contributed by atoms with Crippen LogP contribution in [0.4, 0.5) is 0 Å². The average molecular weight is 482 g/mol. The first kappa shape index (κ1) is 20.9. The molecule has 7 heteroatoms. The van der Waals surface area contributed by atoms with E-state index in [-0.39, 0.29) is 0 Å². The Morgan fingerprint density at radius 3 is 2.46 bits per heavy atom. The summed E-state index contributed by atoms with van der Waals surface area (Å²) in [5.41, 5.74) is 3.11. The van der Waals surface area contributed by atoms with Gasteiger partial charge in [-0.2, -0.15) is 0 Å². The van der Waals surface area contributed by atoms with Crippen LogP contribution in [-0.2, 0) is 19.7 Å². The summed E-state index contributed by atoms with van der Waals surface area (Å²) in [6.07, 6.45) is 3.57. The van der Waals surface area contributed by atoms with Crippen molar-refractivity contribution in [1.82, 2.24) is 10.3 Å². The summed E-state index contributed by atoms with van der Waals surface area (Å²) in [6.45, 7) is 1.76. The number of pyridine rings is 1. The topological polar surface area (TPSA) is 43.4 Å². The van der Waals surface area contributed by atoms with Crippen molar-refractivity contribution in [2.45, 2.75) is 19.7 Å². The van der Waals surface area contributed by atoms with Crippen LogP contribution in [-0.4, -0.2) is 12.1 Å². The van der Waals surface area contributed by atoms with Gasteiger partial charge in [-0.1, -0.05) is 29.3 Å². The van der Waals surface area contributed by atoms with Gasteiger partial charge in [0.2, 0.25) is 0 Å². The van der Waals surface area contributed by atoms with Crippen molar-refractivity contribution >= 4 is 39.1 Å². The Kier molecular flexibility index (Phi) is 7.57. The van der Waals surface area contributed by atoms with Crippen molar-refractivity contribution in [3.8, 4) is 11.5 Å². The Morgan fingerprint density at radius 1 is 1.00 bits per heavy atom. The van der Waals surface area contributed by atoms with E-state index < -0.39 is 0 Å². The highest BCUT2D eigenvalue weighted by Gasteiger charge is 2.13. The van der Waals surface area contributed by atoms with Gasteiger partial charge in [0, 0.05) is 41.1 Å². The second-order valence-corrected chi connectivity index (χ2v) is 7.79. The lowest BCUT2D eigenvalue weighted by atomic mass is 10.2. The predicted octanol–water partition coefficient (Wildman–Crippen LogP) is 6.03. The van der Waals surface area contributed by atoms with Gasteiger partial charge in [0.25, 0.3) is 0 Å². The molecule has 0 atom stereocenters. The first-order chi connectivity index (χ1) is 13.6. The molecule has 146 valence electrons. The van der Waals surface area contributed by atoms with Gasteiger partial charge in [0.15, 0.2) is 11.5 Å². The molecule has 0 aliphatic rings. The minimum absolute atomic E-state index is 0.310. The zero-order valence-corrected chi connectivity index (χ0v) is 18.3. The fourth-order valence-corrected chi connectivity index (χ4v) is 3.72. The van der Waals surface area contributed by atoms with Gasteiger partial charge in [-0.3, -0.25) is 4.98 Å². The van der Waals surface area contributed by atoms with E-state index in [1.54, 1.807) is 31.6 Å². The van der Waals surface area contributed by atoms with Gasteiger partial charge >= 0.3 is 0 Å². The Hall–Kier alpha value is -1.79. The average Bonchev–Trinajstić information content (AvgIpc) is 2.69. The monoisotopic (exact) mass is 480 g/mol. The molecule has 28 heavy (non-hydrogen) atoms. The first-order valence-corrected chi connectivity index (χ1v) is 10.1. The summed E-state index contributed by atoms with van der Waals surface area (Å²) in [6, 6.07) is 13.3. The van der Waals surface area contributed by atoms with E-state index in [0.717, 1.165) is 22.1 Å². The molecule has 1 aromatic heterocycles. The van der Waals surface area contributed by atoms with E-state index >= 15 is 0 Å². The van der Waals surface area contributed by atoms with E-state index in [0.29, 0.717) is 34.7 Å². The van der Waals surface area contributed by atoms with Crippen LogP contribution < -0.4 is 14.8 Å². The van der Waals surface area contributed by atoms with Crippen LogP contribution >= 0.6 is 39.1 Å². The highest BCUT2D eigenvalue weighted by Crippen LogP contribution is 2.37. The third kappa shape index (κ3) is 5.61. The Labute approximate surface area is 182 Å². The van der Waals surface area contributed by atoms with Gasteiger partial charge in [-0.15, -0.1) is 0 Å². The molecule has 0 spiro atoms. The lowest BCUT2D eigenvalue weighted by Gasteiger charge is -2.15. The lowest BCUT2D eigenvalue weighted by molar-refractivity contribution is 0.282. The quantitative estimate of drug-likeness (QED) is 0.426. The largest absolute Gasteiger partial charge is 0.493 e. The molecule has 0 saturated carbocycles. The maximum atomic E-state index is 6.22. The molecule has 0 aliphatic heterocycles. The number of rotatable bonds is 8. The standard InChI is InChI=1S/C21H19BrCl2N2O2/c1-27-20-9-15(12-26-11-14-4-6-25-7-5-14)8-18(22)21(20)28-13-16-2-3-17(23)10-19(16)24/h2-10,26H,11-13H2,1H3. The second kappa shape index (κ2) is 10.1. The number of hydrogen-bond acceptors (Lipinski definition) is 4. The lowest BCUT2D eigenvalue weighted by Crippen LogP contribution is -2.13. The van der Waals surface area contributed by atoms with E-state index in [1.165, 1.54) is 5.56 Å². The normalized spacial score (nSPS) is 10.7. The number of benzene rings is 2. The number of nitrogens with zero attached hydrogens (tertiary/aromatic N) is 1. The maximum Gasteiger partial charge on any atom is 0.175 e. The summed E-state index contributed by atoms with van der Waals surface area (Å²) >= 11 is 15.8. The highest BCUT2D eigenvalue weighted by atomic mass is 79.9. The Bertz CT molecular complexity index is 939. The minimum atomic E-state index is 0.310. The van der Waals surface area contributed by atoms with E-state index in [4.69, 9.17) is 32.7 Å². The van der Waals surface area contributed by atoms with Crippen molar-refractivity contribution in [3.05, 3.63) is 86.1 Å². The van der Waals surface area contributed by atoms with Crippen molar-refractivity contribution < 1.29 is 9.47 Å². The molecule has 1 N–H and O–H groups in total. The second-order valence-electron chi connectivity index (χ2n) is 6.09. The zero-order chi connectivity index (χ0) is 19.9. The molecular formula is C21H19BrCl2N2O2. The number of aromatic nitrogens is 1. The Balaban J connectivity index is 1.67. The van der Waals surface area contributed by atoms with Crippen LogP contribution in [0.3, 0.4) is 0 Å². The molecule has 0 unspecified atom stereocenters. The molecule has 2 aromatic carbocycles. The van der Waals surface area contributed by atoms with Crippen molar-refractivity contribution in [2.24, 2.45) is 0 Å². The summed E-state index contributed by atoms with van der Waals surface area (Å²) in [7, 11) is 1.62. The number of nitrogens with one attached hydrogen (secondary N) is 1. The fourth-order valence-electron chi connectivity index (χ4n) is 2.66. The van der Waals surface area contributed by atoms with Crippen LogP contribution in [0.25, 0.3) is 0 Å². The van der Waals surface area contributed by atoms with Gasteiger partial charge in [0.1, 0.15) is 6.61 Å². The van der Waals surface area contributed by atoms with Crippen molar-refractivity contribution in [1.29, 1.82) is 0 Å². The minimum Gasteiger partial charge on any atom is -0.493 e. The van der Waals surface area contributed by atoms with Gasteiger partial charge in [-0.05, 0) is 63.5 Å². The molecule has 0 saturated heterocycles. The number of methoxy groups -OCH3 is 1. The molecule has 0 bridgehead atoms. The first-order valence-electron chi connectivity index (χ1n) is 8.59. The summed E-state index contributed by atoms with van der Waals surface area (Å²) < 4.78 is 12.3. The SMILES string of the molecule is COc1cc(CNCc2ccncc2)cc(Br)c1OCc1ccc(Cl)cc1Cl. The summed E-state index contributed by atoms with van der Waals surface area (Å²) in [5.74, 6) is 1.28. The van der Waals surface area contributed by atoms with E-state index in [2.05, 4.69) is 26.2 Å². The molecule has 0 amide bonds. The predicted molar refractivity (Wildman–Crippen MR) is 116 cm³/mol. The van der Waals surface area contributed by atoms with Crippen molar-refractivity contribution in [3.63, 3.8) is 0 Å². The van der Waals surface area contributed by atoms with Crippen LogP contribution in [0.2, 0.25) is 10.0 Å². The van der Waals surface area contributed by atoms with Crippen LogP contribution in [0.5, 0.6) is 11.5 Å². The third-order valence-electron chi connectivity index (χ3n) is 4.08. The molecule has 0 fully saturated rings. The highest BCUT2D eigenvalue weighted by molar-refractivity contribution is 9.10. The Morgan fingerprint density at radius 2 is 1.75 bits per heavy atom. The van der Waals surface area contributed by atoms with E-state index in [9.17, 15) is 0 Å². The molecular weight excluding hydrogens is 463 g/mol. The number of halogens is 3. The molecule has 0 aliphatic carbocycles.